The Morgan fingerprint density at radius 2 is 2.19 bits per heavy atom. The van der Waals surface area contributed by atoms with Gasteiger partial charge >= 0.3 is 0 Å². The Balaban J connectivity index is 0.00000225. The van der Waals surface area contributed by atoms with Crippen LogP contribution in [-0.4, -0.2) is 42.1 Å². The van der Waals surface area contributed by atoms with Gasteiger partial charge in [-0.1, -0.05) is 0 Å². The Kier molecular flexibility index (Phi) is 6.36. The second-order valence-corrected chi connectivity index (χ2v) is 3.26. The van der Waals surface area contributed by atoms with E-state index in [0.29, 0.717) is 12.5 Å². The molecule has 0 saturated carbocycles. The van der Waals surface area contributed by atoms with E-state index in [-0.39, 0.29) is 18.1 Å². The quantitative estimate of drug-likeness (QED) is 0.580. The number of halogens is 1. The molecule has 1 aromatic rings. The SMILES string of the molecule is CN(C)CCOc1ccc([N+](=O)[O-])cn1.Cl. The Morgan fingerprint density at radius 1 is 1.50 bits per heavy atom. The van der Waals surface area contributed by atoms with Gasteiger partial charge in [0.15, 0.2) is 0 Å². The van der Waals surface area contributed by atoms with Gasteiger partial charge in [0.1, 0.15) is 12.8 Å². The fraction of sp³-hybridized carbons (Fsp3) is 0.444. The van der Waals surface area contributed by atoms with Crippen LogP contribution in [-0.2, 0) is 0 Å². The van der Waals surface area contributed by atoms with Crippen molar-refractivity contribution >= 4 is 18.1 Å². The maximum atomic E-state index is 10.3. The van der Waals surface area contributed by atoms with Crippen molar-refractivity contribution in [3.05, 3.63) is 28.4 Å². The van der Waals surface area contributed by atoms with Gasteiger partial charge in [-0.15, -0.1) is 12.4 Å². The molecule has 0 fully saturated rings. The average Bonchev–Trinajstić information content (AvgIpc) is 2.18. The fourth-order valence-corrected chi connectivity index (χ4v) is 0.899. The van der Waals surface area contributed by atoms with Crippen LogP contribution in [0, 0.1) is 10.1 Å². The molecule has 90 valence electrons. The molecule has 6 nitrogen and oxygen atoms in total. The van der Waals surface area contributed by atoms with E-state index in [1.165, 1.54) is 18.3 Å². The van der Waals surface area contributed by atoms with Crippen molar-refractivity contribution in [3.8, 4) is 5.88 Å². The number of rotatable bonds is 5. The molecule has 0 aliphatic heterocycles. The zero-order valence-electron chi connectivity index (χ0n) is 9.12. The van der Waals surface area contributed by atoms with E-state index >= 15 is 0 Å². The molecule has 0 saturated heterocycles. The van der Waals surface area contributed by atoms with Crippen LogP contribution in [0.4, 0.5) is 5.69 Å². The predicted molar refractivity (Wildman–Crippen MR) is 62.2 cm³/mol. The van der Waals surface area contributed by atoms with Crippen LogP contribution in [0.5, 0.6) is 5.88 Å². The molecule has 0 aromatic carbocycles. The largest absolute Gasteiger partial charge is 0.476 e. The van der Waals surface area contributed by atoms with Crippen molar-refractivity contribution in [2.75, 3.05) is 27.2 Å². The smallest absolute Gasteiger partial charge is 0.287 e. The molecule has 0 atom stereocenters. The minimum atomic E-state index is -0.489. The number of likely N-dealkylation sites (N-methyl/N-ethyl adjacent to an activating group) is 1. The fourth-order valence-electron chi connectivity index (χ4n) is 0.899. The highest BCUT2D eigenvalue weighted by atomic mass is 35.5. The van der Waals surface area contributed by atoms with Gasteiger partial charge in [0, 0.05) is 18.7 Å². The first kappa shape index (κ1) is 14.6. The topological polar surface area (TPSA) is 68.5 Å². The molecule has 0 spiro atoms. The van der Waals surface area contributed by atoms with Crippen molar-refractivity contribution < 1.29 is 9.66 Å². The van der Waals surface area contributed by atoms with Gasteiger partial charge in [0.2, 0.25) is 5.88 Å². The predicted octanol–water partition coefficient (Wildman–Crippen LogP) is 1.35. The molecule has 7 heteroatoms. The summed E-state index contributed by atoms with van der Waals surface area (Å²) in [5, 5.41) is 10.3. The van der Waals surface area contributed by atoms with Crippen LogP contribution >= 0.6 is 12.4 Å². The van der Waals surface area contributed by atoms with Gasteiger partial charge in [0.25, 0.3) is 5.69 Å². The molecular weight excluding hydrogens is 234 g/mol. The van der Waals surface area contributed by atoms with Gasteiger partial charge in [-0.05, 0) is 14.1 Å². The lowest BCUT2D eigenvalue weighted by Gasteiger charge is -2.09. The number of nitrogens with zero attached hydrogens (tertiary/aromatic N) is 3. The highest BCUT2D eigenvalue weighted by molar-refractivity contribution is 5.85. The Labute approximate surface area is 99.8 Å². The first-order valence-corrected chi connectivity index (χ1v) is 4.47. The summed E-state index contributed by atoms with van der Waals surface area (Å²) < 4.78 is 5.28. The monoisotopic (exact) mass is 247 g/mol. The lowest BCUT2D eigenvalue weighted by Crippen LogP contribution is -2.19. The van der Waals surface area contributed by atoms with E-state index in [1.54, 1.807) is 0 Å². The molecule has 0 bridgehead atoms. The van der Waals surface area contributed by atoms with Crippen LogP contribution in [0.3, 0.4) is 0 Å². The highest BCUT2D eigenvalue weighted by Crippen LogP contribution is 2.13. The van der Waals surface area contributed by atoms with Crippen LogP contribution in [0.25, 0.3) is 0 Å². The summed E-state index contributed by atoms with van der Waals surface area (Å²) in [4.78, 5) is 15.6. The molecule has 16 heavy (non-hydrogen) atoms. The molecule has 1 heterocycles. The summed E-state index contributed by atoms with van der Waals surface area (Å²) in [7, 11) is 3.87. The molecule has 0 amide bonds. The third kappa shape index (κ3) is 4.90. The summed E-state index contributed by atoms with van der Waals surface area (Å²) in [5.74, 6) is 0.405. The molecule has 1 aromatic heterocycles. The maximum absolute atomic E-state index is 10.3. The lowest BCUT2D eigenvalue weighted by molar-refractivity contribution is -0.385. The highest BCUT2D eigenvalue weighted by Gasteiger charge is 2.05. The normalized spacial score (nSPS) is 9.69. The van der Waals surface area contributed by atoms with Crippen molar-refractivity contribution in [2.24, 2.45) is 0 Å². The first-order chi connectivity index (χ1) is 7.09. The van der Waals surface area contributed by atoms with Crippen LogP contribution in [0.1, 0.15) is 0 Å². The summed E-state index contributed by atoms with van der Waals surface area (Å²) in [5.41, 5.74) is -0.0324. The van der Waals surface area contributed by atoms with E-state index in [9.17, 15) is 10.1 Å². The van der Waals surface area contributed by atoms with Crippen molar-refractivity contribution in [2.45, 2.75) is 0 Å². The van der Waals surface area contributed by atoms with Gasteiger partial charge < -0.3 is 9.64 Å². The van der Waals surface area contributed by atoms with Gasteiger partial charge in [-0.3, -0.25) is 10.1 Å². The molecule has 1 rings (SSSR count). The number of hydrogen-bond donors (Lipinski definition) is 0. The third-order valence-corrected chi connectivity index (χ3v) is 1.72. The third-order valence-electron chi connectivity index (χ3n) is 1.72. The average molecular weight is 248 g/mol. The van der Waals surface area contributed by atoms with E-state index in [0.717, 1.165) is 6.54 Å². The molecular formula is C9H14ClN3O3. The maximum Gasteiger partial charge on any atom is 0.287 e. The number of ether oxygens (including phenoxy) is 1. The number of nitro groups is 1. The summed E-state index contributed by atoms with van der Waals surface area (Å²) >= 11 is 0. The standard InChI is InChI=1S/C9H13N3O3.ClH/c1-11(2)5-6-15-9-4-3-8(7-10-9)12(13)14;/h3-4,7H,5-6H2,1-2H3;1H. The van der Waals surface area contributed by atoms with Crippen LogP contribution < -0.4 is 4.74 Å². The minimum absolute atomic E-state index is 0. The van der Waals surface area contributed by atoms with Crippen molar-refractivity contribution in [1.29, 1.82) is 0 Å². The van der Waals surface area contributed by atoms with Gasteiger partial charge in [0.05, 0.1) is 4.92 Å². The van der Waals surface area contributed by atoms with E-state index in [4.69, 9.17) is 4.74 Å². The first-order valence-electron chi connectivity index (χ1n) is 4.47. The number of hydrogen-bond acceptors (Lipinski definition) is 5. The second kappa shape index (κ2) is 6.97. The van der Waals surface area contributed by atoms with Crippen LogP contribution in [0.15, 0.2) is 18.3 Å². The van der Waals surface area contributed by atoms with E-state index < -0.39 is 4.92 Å². The molecule has 0 radical (unpaired) electrons. The summed E-state index contributed by atoms with van der Waals surface area (Å²) in [6.45, 7) is 1.29. The molecule has 0 aliphatic rings. The molecule has 0 N–H and O–H groups in total. The van der Waals surface area contributed by atoms with Gasteiger partial charge in [-0.25, -0.2) is 4.98 Å². The van der Waals surface area contributed by atoms with E-state index in [1.807, 2.05) is 19.0 Å². The van der Waals surface area contributed by atoms with Crippen molar-refractivity contribution in [1.82, 2.24) is 9.88 Å². The zero-order valence-corrected chi connectivity index (χ0v) is 9.94. The zero-order chi connectivity index (χ0) is 11.3. The minimum Gasteiger partial charge on any atom is -0.476 e. The lowest BCUT2D eigenvalue weighted by atomic mass is 10.4. The Morgan fingerprint density at radius 3 is 2.62 bits per heavy atom. The van der Waals surface area contributed by atoms with Gasteiger partial charge in [-0.2, -0.15) is 0 Å². The van der Waals surface area contributed by atoms with E-state index in [2.05, 4.69) is 4.98 Å². The second-order valence-electron chi connectivity index (χ2n) is 3.26. The number of pyridine rings is 1. The Hall–Kier alpha value is -1.40. The Bertz CT molecular complexity index is 329. The van der Waals surface area contributed by atoms with Crippen LogP contribution in [0.2, 0.25) is 0 Å². The molecule has 0 aliphatic carbocycles. The molecule has 0 unspecified atom stereocenters. The summed E-state index contributed by atoms with van der Waals surface area (Å²) in [6.07, 6.45) is 1.19. The summed E-state index contributed by atoms with van der Waals surface area (Å²) in [6, 6.07) is 2.87. The number of aromatic nitrogens is 1. The van der Waals surface area contributed by atoms with Crippen molar-refractivity contribution in [3.63, 3.8) is 0 Å².